The van der Waals surface area contributed by atoms with Gasteiger partial charge in [0.25, 0.3) is 0 Å². The lowest BCUT2D eigenvalue weighted by Gasteiger charge is -2.29. The largest absolute Gasteiger partial charge is 0.490 e. The fourth-order valence-electron chi connectivity index (χ4n) is 3.06. The van der Waals surface area contributed by atoms with Gasteiger partial charge in [0, 0.05) is 25.6 Å². The standard InChI is InChI=1S/C16H24N2O4S/c1-18-7-2-4-13(12-18)11-17-23(19,20)14-5-6-15-16(10-14)22-9-3-8-21-15/h5-6,10,13,17H,2-4,7-9,11-12H2,1H3/t13-/m0/s1. The number of nitrogens with one attached hydrogen (secondary N) is 1. The van der Waals surface area contributed by atoms with Crippen LogP contribution in [0.4, 0.5) is 0 Å². The van der Waals surface area contributed by atoms with Crippen LogP contribution >= 0.6 is 0 Å². The number of benzene rings is 1. The first-order chi connectivity index (χ1) is 11.0. The van der Waals surface area contributed by atoms with E-state index >= 15 is 0 Å². The van der Waals surface area contributed by atoms with Gasteiger partial charge >= 0.3 is 0 Å². The van der Waals surface area contributed by atoms with E-state index in [-0.39, 0.29) is 4.90 Å². The fraction of sp³-hybridized carbons (Fsp3) is 0.625. The Balaban J connectivity index is 1.68. The molecule has 0 saturated carbocycles. The number of ether oxygens (including phenoxy) is 2. The van der Waals surface area contributed by atoms with Gasteiger partial charge in [-0.05, 0) is 44.5 Å². The van der Waals surface area contributed by atoms with Crippen LogP contribution in [0, 0.1) is 5.92 Å². The van der Waals surface area contributed by atoms with Gasteiger partial charge in [0.2, 0.25) is 10.0 Å². The molecule has 0 aromatic heterocycles. The average Bonchev–Trinajstić information content (AvgIpc) is 2.78. The van der Waals surface area contributed by atoms with Crippen LogP contribution in [0.1, 0.15) is 19.3 Å². The molecule has 1 aromatic carbocycles. The van der Waals surface area contributed by atoms with E-state index in [0.717, 1.165) is 32.4 Å². The smallest absolute Gasteiger partial charge is 0.240 e. The molecule has 2 aliphatic rings. The van der Waals surface area contributed by atoms with E-state index in [4.69, 9.17) is 9.47 Å². The summed E-state index contributed by atoms with van der Waals surface area (Å²) in [6, 6.07) is 4.79. The predicted molar refractivity (Wildman–Crippen MR) is 87.5 cm³/mol. The summed E-state index contributed by atoms with van der Waals surface area (Å²) in [7, 11) is -1.45. The van der Waals surface area contributed by atoms with Crippen molar-refractivity contribution in [2.24, 2.45) is 5.92 Å². The number of fused-ring (bicyclic) bond motifs is 1. The molecule has 2 aliphatic heterocycles. The summed E-state index contributed by atoms with van der Waals surface area (Å²) in [6.45, 7) is 3.63. The Labute approximate surface area is 137 Å². The van der Waals surface area contributed by atoms with Crippen molar-refractivity contribution < 1.29 is 17.9 Å². The maximum Gasteiger partial charge on any atom is 0.240 e. The molecule has 0 spiro atoms. The lowest BCUT2D eigenvalue weighted by atomic mass is 9.99. The molecule has 0 amide bonds. The first kappa shape index (κ1) is 16.5. The number of rotatable bonds is 4. The van der Waals surface area contributed by atoms with E-state index < -0.39 is 10.0 Å². The quantitative estimate of drug-likeness (QED) is 0.899. The molecule has 7 heteroatoms. The van der Waals surface area contributed by atoms with Gasteiger partial charge in [0.05, 0.1) is 18.1 Å². The number of piperidine rings is 1. The monoisotopic (exact) mass is 340 g/mol. The molecule has 0 radical (unpaired) electrons. The molecule has 2 heterocycles. The van der Waals surface area contributed by atoms with Gasteiger partial charge in [-0.3, -0.25) is 0 Å². The second kappa shape index (κ2) is 7.07. The van der Waals surface area contributed by atoms with Crippen LogP contribution in [0.5, 0.6) is 11.5 Å². The van der Waals surface area contributed by atoms with Crippen LogP contribution in [0.25, 0.3) is 0 Å². The third-order valence-electron chi connectivity index (χ3n) is 4.31. The Bertz CT molecular complexity index is 647. The predicted octanol–water partition coefficient (Wildman–Crippen LogP) is 1.47. The van der Waals surface area contributed by atoms with Crippen LogP contribution in [-0.2, 0) is 10.0 Å². The van der Waals surface area contributed by atoms with Crippen LogP contribution in [-0.4, -0.2) is 53.2 Å². The van der Waals surface area contributed by atoms with Crippen LogP contribution < -0.4 is 14.2 Å². The number of likely N-dealkylation sites (tertiary alicyclic amines) is 1. The third-order valence-corrected chi connectivity index (χ3v) is 5.73. The van der Waals surface area contributed by atoms with E-state index in [0.29, 0.717) is 37.2 Å². The minimum Gasteiger partial charge on any atom is -0.490 e. The van der Waals surface area contributed by atoms with Crippen molar-refractivity contribution in [3.05, 3.63) is 18.2 Å². The molecular weight excluding hydrogens is 316 g/mol. The number of hydrogen-bond acceptors (Lipinski definition) is 5. The van der Waals surface area contributed by atoms with Crippen molar-refractivity contribution in [3.8, 4) is 11.5 Å². The highest BCUT2D eigenvalue weighted by atomic mass is 32.2. The zero-order chi connectivity index (χ0) is 16.3. The average molecular weight is 340 g/mol. The van der Waals surface area contributed by atoms with Gasteiger partial charge in [-0.15, -0.1) is 0 Å². The first-order valence-corrected chi connectivity index (χ1v) is 9.61. The molecule has 3 rings (SSSR count). The molecule has 1 fully saturated rings. The van der Waals surface area contributed by atoms with Gasteiger partial charge in [0.1, 0.15) is 0 Å². The SMILES string of the molecule is CN1CCC[C@@H](CNS(=O)(=O)c2ccc3c(c2)OCCCO3)C1. The van der Waals surface area contributed by atoms with Crippen molar-refractivity contribution in [1.29, 1.82) is 0 Å². The van der Waals surface area contributed by atoms with E-state index in [1.807, 2.05) is 0 Å². The Morgan fingerprint density at radius 2 is 2.00 bits per heavy atom. The van der Waals surface area contributed by atoms with Crippen LogP contribution in [0.3, 0.4) is 0 Å². The van der Waals surface area contributed by atoms with E-state index in [1.165, 1.54) is 0 Å². The molecule has 1 aromatic rings. The Hall–Kier alpha value is -1.31. The molecule has 23 heavy (non-hydrogen) atoms. The van der Waals surface area contributed by atoms with Gasteiger partial charge in [-0.2, -0.15) is 0 Å². The van der Waals surface area contributed by atoms with Gasteiger partial charge < -0.3 is 14.4 Å². The van der Waals surface area contributed by atoms with E-state index in [1.54, 1.807) is 18.2 Å². The highest BCUT2D eigenvalue weighted by molar-refractivity contribution is 7.89. The van der Waals surface area contributed by atoms with Crippen LogP contribution in [0.2, 0.25) is 0 Å². The van der Waals surface area contributed by atoms with Crippen molar-refractivity contribution in [2.45, 2.75) is 24.2 Å². The maximum atomic E-state index is 12.5. The second-order valence-electron chi connectivity index (χ2n) is 6.28. The zero-order valence-electron chi connectivity index (χ0n) is 13.5. The van der Waals surface area contributed by atoms with Crippen molar-refractivity contribution >= 4 is 10.0 Å². The van der Waals surface area contributed by atoms with Crippen molar-refractivity contribution in [3.63, 3.8) is 0 Å². The zero-order valence-corrected chi connectivity index (χ0v) is 14.3. The molecule has 0 bridgehead atoms. The molecule has 6 nitrogen and oxygen atoms in total. The minimum atomic E-state index is -3.53. The molecule has 0 aliphatic carbocycles. The summed E-state index contributed by atoms with van der Waals surface area (Å²) in [5.41, 5.74) is 0. The number of hydrogen-bond donors (Lipinski definition) is 1. The normalized spacial score (nSPS) is 22.6. The first-order valence-electron chi connectivity index (χ1n) is 8.12. The fourth-order valence-corrected chi connectivity index (χ4v) is 4.19. The molecule has 128 valence electrons. The van der Waals surface area contributed by atoms with Gasteiger partial charge in [0.15, 0.2) is 11.5 Å². The summed E-state index contributed by atoms with van der Waals surface area (Å²) < 4.78 is 38.9. The third kappa shape index (κ3) is 4.16. The Morgan fingerprint density at radius 3 is 2.78 bits per heavy atom. The molecule has 1 saturated heterocycles. The molecule has 1 atom stereocenters. The van der Waals surface area contributed by atoms with E-state index in [2.05, 4.69) is 16.7 Å². The summed E-state index contributed by atoms with van der Waals surface area (Å²) in [6.07, 6.45) is 2.98. The minimum absolute atomic E-state index is 0.228. The van der Waals surface area contributed by atoms with Crippen molar-refractivity contribution in [2.75, 3.05) is 39.9 Å². The second-order valence-corrected chi connectivity index (χ2v) is 8.05. The van der Waals surface area contributed by atoms with Gasteiger partial charge in [-0.25, -0.2) is 13.1 Å². The topological polar surface area (TPSA) is 67.9 Å². The summed E-state index contributed by atoms with van der Waals surface area (Å²) in [5, 5.41) is 0. The highest BCUT2D eigenvalue weighted by Gasteiger charge is 2.22. The maximum absolute atomic E-state index is 12.5. The van der Waals surface area contributed by atoms with Gasteiger partial charge in [-0.1, -0.05) is 0 Å². The van der Waals surface area contributed by atoms with E-state index in [9.17, 15) is 8.42 Å². The lowest BCUT2D eigenvalue weighted by Crippen LogP contribution is -2.39. The lowest BCUT2D eigenvalue weighted by molar-refractivity contribution is 0.211. The Kier molecular flexibility index (Phi) is 5.08. The summed E-state index contributed by atoms with van der Waals surface area (Å²) in [4.78, 5) is 2.47. The summed E-state index contributed by atoms with van der Waals surface area (Å²) in [5.74, 6) is 1.47. The van der Waals surface area contributed by atoms with Crippen molar-refractivity contribution in [1.82, 2.24) is 9.62 Å². The highest BCUT2D eigenvalue weighted by Crippen LogP contribution is 2.31. The molecular formula is C16H24N2O4S. The Morgan fingerprint density at radius 1 is 1.22 bits per heavy atom. The van der Waals surface area contributed by atoms with Crippen LogP contribution in [0.15, 0.2) is 23.1 Å². The molecule has 0 unspecified atom stereocenters. The summed E-state index contributed by atoms with van der Waals surface area (Å²) >= 11 is 0. The molecule has 1 N–H and O–H groups in total. The number of nitrogens with zero attached hydrogens (tertiary/aromatic N) is 1. The number of sulfonamides is 1.